The summed E-state index contributed by atoms with van der Waals surface area (Å²) in [6.07, 6.45) is -2.90. The monoisotopic (exact) mass is 433 g/mol. The highest BCUT2D eigenvalue weighted by atomic mass is 35.5. The molecule has 0 amide bonds. The van der Waals surface area contributed by atoms with Crippen LogP contribution in [0.4, 0.5) is 13.2 Å². The Balaban J connectivity index is 1.49. The molecule has 0 aliphatic heterocycles. The number of ether oxygens (including phenoxy) is 2. The van der Waals surface area contributed by atoms with Gasteiger partial charge >= 0.3 is 6.36 Å². The van der Waals surface area contributed by atoms with Crippen molar-refractivity contribution in [3.63, 3.8) is 0 Å². The molecule has 4 aromatic rings. The number of rotatable bonds is 6. The zero-order valence-electron chi connectivity index (χ0n) is 15.4. The molecule has 154 valence electrons. The number of halogens is 4. The van der Waals surface area contributed by atoms with Gasteiger partial charge in [-0.1, -0.05) is 35.9 Å². The summed E-state index contributed by atoms with van der Waals surface area (Å²) in [5, 5.41) is 8.93. The first-order valence-electron chi connectivity index (χ1n) is 8.89. The van der Waals surface area contributed by atoms with Gasteiger partial charge in [0, 0.05) is 11.2 Å². The Labute approximate surface area is 174 Å². The average Bonchev–Trinajstić information content (AvgIpc) is 3.11. The maximum absolute atomic E-state index is 12.3. The van der Waals surface area contributed by atoms with Crippen LogP contribution in [-0.2, 0) is 18.0 Å². The quantitative estimate of drug-likeness (QED) is 0.393. The molecule has 4 rings (SSSR count). The van der Waals surface area contributed by atoms with E-state index in [0.29, 0.717) is 23.1 Å². The summed E-state index contributed by atoms with van der Waals surface area (Å²) in [5.74, 6) is 0.339. The van der Waals surface area contributed by atoms with Gasteiger partial charge in [-0.2, -0.15) is 0 Å². The van der Waals surface area contributed by atoms with E-state index in [9.17, 15) is 13.2 Å². The number of hydrogen-bond donors (Lipinski definition) is 0. The first-order valence-corrected chi connectivity index (χ1v) is 9.27. The highest BCUT2D eigenvalue weighted by Crippen LogP contribution is 2.27. The molecule has 5 nitrogen and oxygen atoms in total. The molecule has 0 fully saturated rings. The molecule has 0 saturated carbocycles. The SMILES string of the molecule is FC(F)(F)Oc1ccc(-c2ccc3nnc(COCc4ccc(Cl)cc4)n3c2)cc1. The van der Waals surface area contributed by atoms with Crippen LogP contribution in [-0.4, -0.2) is 21.0 Å². The van der Waals surface area contributed by atoms with Gasteiger partial charge < -0.3 is 9.47 Å². The van der Waals surface area contributed by atoms with Gasteiger partial charge in [0.2, 0.25) is 0 Å². The molecular formula is C21H15ClF3N3O2. The smallest absolute Gasteiger partial charge is 0.406 e. The average molecular weight is 434 g/mol. The van der Waals surface area contributed by atoms with Crippen LogP contribution < -0.4 is 4.74 Å². The number of hydrogen-bond acceptors (Lipinski definition) is 4. The predicted octanol–water partition coefficient (Wildman–Crippen LogP) is 5.67. The van der Waals surface area contributed by atoms with Crippen LogP contribution in [0.3, 0.4) is 0 Å². The lowest BCUT2D eigenvalue weighted by atomic mass is 10.1. The molecule has 0 spiro atoms. The van der Waals surface area contributed by atoms with Crippen molar-refractivity contribution in [2.24, 2.45) is 0 Å². The highest BCUT2D eigenvalue weighted by molar-refractivity contribution is 6.30. The van der Waals surface area contributed by atoms with Crippen molar-refractivity contribution in [1.82, 2.24) is 14.6 Å². The third-order valence-electron chi connectivity index (χ3n) is 4.31. The van der Waals surface area contributed by atoms with E-state index in [1.54, 1.807) is 34.7 Å². The summed E-state index contributed by atoms with van der Waals surface area (Å²) >= 11 is 5.88. The summed E-state index contributed by atoms with van der Waals surface area (Å²) in [6.45, 7) is 0.637. The molecule has 0 saturated heterocycles. The van der Waals surface area contributed by atoms with E-state index in [0.717, 1.165) is 16.7 Å². The number of fused-ring (bicyclic) bond motifs is 1. The lowest BCUT2D eigenvalue weighted by Crippen LogP contribution is -2.16. The fourth-order valence-corrected chi connectivity index (χ4v) is 3.02. The standard InChI is InChI=1S/C21H15ClF3N3O2/c22-17-6-1-14(2-7-17)12-29-13-20-27-26-19-10-5-16(11-28(19)20)15-3-8-18(9-4-15)30-21(23,24)25/h1-11H,12-13H2. The zero-order valence-corrected chi connectivity index (χ0v) is 16.2. The second-order valence-corrected chi connectivity index (χ2v) is 6.89. The fourth-order valence-electron chi connectivity index (χ4n) is 2.90. The highest BCUT2D eigenvalue weighted by Gasteiger charge is 2.30. The molecule has 30 heavy (non-hydrogen) atoms. The Morgan fingerprint density at radius 2 is 1.53 bits per heavy atom. The Kier molecular flexibility index (Phi) is 5.61. The molecular weight excluding hydrogens is 419 g/mol. The molecule has 2 aromatic carbocycles. The Morgan fingerprint density at radius 3 is 2.23 bits per heavy atom. The Bertz CT molecular complexity index is 1140. The Hall–Kier alpha value is -3.10. The molecule has 9 heteroatoms. The predicted molar refractivity (Wildman–Crippen MR) is 105 cm³/mol. The summed E-state index contributed by atoms with van der Waals surface area (Å²) in [4.78, 5) is 0. The number of aromatic nitrogens is 3. The minimum absolute atomic E-state index is 0.242. The normalized spacial score (nSPS) is 11.7. The van der Waals surface area contributed by atoms with Crippen molar-refractivity contribution in [1.29, 1.82) is 0 Å². The summed E-state index contributed by atoms with van der Waals surface area (Å²) in [5.41, 5.74) is 3.14. The molecule has 0 aliphatic carbocycles. The summed E-state index contributed by atoms with van der Waals surface area (Å²) in [6, 6.07) is 16.6. The summed E-state index contributed by atoms with van der Waals surface area (Å²) in [7, 11) is 0. The lowest BCUT2D eigenvalue weighted by Gasteiger charge is -2.10. The van der Waals surface area contributed by atoms with Crippen molar-refractivity contribution in [3.05, 3.63) is 83.3 Å². The van der Waals surface area contributed by atoms with Crippen LogP contribution >= 0.6 is 11.6 Å². The molecule has 0 unspecified atom stereocenters. The minimum Gasteiger partial charge on any atom is -0.406 e. The topological polar surface area (TPSA) is 48.7 Å². The van der Waals surface area contributed by atoms with E-state index in [-0.39, 0.29) is 12.4 Å². The lowest BCUT2D eigenvalue weighted by molar-refractivity contribution is -0.274. The van der Waals surface area contributed by atoms with Crippen LogP contribution in [0.15, 0.2) is 66.9 Å². The number of benzene rings is 2. The number of alkyl halides is 3. The minimum atomic E-state index is -4.72. The third kappa shape index (κ3) is 4.90. The fraction of sp³-hybridized carbons (Fsp3) is 0.143. The molecule has 0 radical (unpaired) electrons. The molecule has 0 aliphatic rings. The van der Waals surface area contributed by atoms with Crippen molar-refractivity contribution in [3.8, 4) is 16.9 Å². The van der Waals surface area contributed by atoms with Crippen LogP contribution in [0, 0.1) is 0 Å². The van der Waals surface area contributed by atoms with E-state index in [4.69, 9.17) is 16.3 Å². The maximum atomic E-state index is 12.3. The van der Waals surface area contributed by atoms with Gasteiger partial charge in [0.05, 0.1) is 6.61 Å². The number of pyridine rings is 1. The van der Waals surface area contributed by atoms with Crippen LogP contribution in [0.2, 0.25) is 5.02 Å². The largest absolute Gasteiger partial charge is 0.573 e. The van der Waals surface area contributed by atoms with Gasteiger partial charge in [0.1, 0.15) is 12.4 Å². The van der Waals surface area contributed by atoms with Crippen molar-refractivity contribution in [2.75, 3.05) is 0 Å². The zero-order chi connectivity index (χ0) is 21.1. The summed E-state index contributed by atoms with van der Waals surface area (Å²) < 4.78 is 48.4. The molecule has 0 bridgehead atoms. The van der Waals surface area contributed by atoms with Gasteiger partial charge in [-0.15, -0.1) is 23.4 Å². The van der Waals surface area contributed by atoms with Crippen molar-refractivity contribution >= 4 is 17.2 Å². The van der Waals surface area contributed by atoms with E-state index in [2.05, 4.69) is 14.9 Å². The van der Waals surface area contributed by atoms with E-state index >= 15 is 0 Å². The second kappa shape index (κ2) is 8.33. The molecule has 2 heterocycles. The molecule has 2 aromatic heterocycles. The van der Waals surface area contributed by atoms with Crippen LogP contribution in [0.5, 0.6) is 5.75 Å². The maximum Gasteiger partial charge on any atom is 0.573 e. The number of nitrogens with zero attached hydrogens (tertiary/aromatic N) is 3. The van der Waals surface area contributed by atoms with Crippen LogP contribution in [0.25, 0.3) is 16.8 Å². The first-order chi connectivity index (χ1) is 14.4. The van der Waals surface area contributed by atoms with Crippen LogP contribution in [0.1, 0.15) is 11.4 Å². The third-order valence-corrected chi connectivity index (χ3v) is 4.56. The van der Waals surface area contributed by atoms with Gasteiger partial charge in [-0.3, -0.25) is 4.40 Å². The molecule has 0 N–H and O–H groups in total. The van der Waals surface area contributed by atoms with E-state index in [1.165, 1.54) is 12.1 Å². The van der Waals surface area contributed by atoms with Gasteiger partial charge in [0.15, 0.2) is 11.5 Å². The van der Waals surface area contributed by atoms with Crippen molar-refractivity contribution < 1.29 is 22.6 Å². The first kappa shape index (κ1) is 20.2. The van der Waals surface area contributed by atoms with E-state index < -0.39 is 6.36 Å². The van der Waals surface area contributed by atoms with E-state index in [1.807, 2.05) is 24.4 Å². The Morgan fingerprint density at radius 1 is 0.833 bits per heavy atom. The molecule has 0 atom stereocenters. The second-order valence-electron chi connectivity index (χ2n) is 6.45. The van der Waals surface area contributed by atoms with Gasteiger partial charge in [0.25, 0.3) is 0 Å². The van der Waals surface area contributed by atoms with Gasteiger partial charge in [-0.05, 0) is 53.1 Å². The van der Waals surface area contributed by atoms with Crippen molar-refractivity contribution in [2.45, 2.75) is 19.6 Å². The van der Waals surface area contributed by atoms with Gasteiger partial charge in [-0.25, -0.2) is 0 Å².